The SMILES string of the molecule is Clc1cccc(CN2CC[C@@H]3O[C@@H]3C2)c1. The van der Waals surface area contributed by atoms with Crippen LogP contribution in [0.15, 0.2) is 24.3 Å². The topological polar surface area (TPSA) is 15.8 Å². The molecule has 0 amide bonds. The van der Waals surface area contributed by atoms with Crippen molar-refractivity contribution in [1.29, 1.82) is 0 Å². The van der Waals surface area contributed by atoms with Crippen LogP contribution in [0.5, 0.6) is 0 Å². The molecule has 3 heteroatoms. The van der Waals surface area contributed by atoms with Gasteiger partial charge in [-0.1, -0.05) is 23.7 Å². The van der Waals surface area contributed by atoms with Crippen LogP contribution in [0.3, 0.4) is 0 Å². The van der Waals surface area contributed by atoms with Gasteiger partial charge in [0.2, 0.25) is 0 Å². The molecule has 15 heavy (non-hydrogen) atoms. The summed E-state index contributed by atoms with van der Waals surface area (Å²) in [5.74, 6) is 0. The molecule has 0 aromatic heterocycles. The molecule has 1 aromatic rings. The van der Waals surface area contributed by atoms with Gasteiger partial charge in [-0.25, -0.2) is 0 Å². The minimum atomic E-state index is 0.512. The highest BCUT2D eigenvalue weighted by atomic mass is 35.5. The molecule has 2 aliphatic rings. The van der Waals surface area contributed by atoms with Gasteiger partial charge in [-0.3, -0.25) is 4.90 Å². The molecule has 0 saturated carbocycles. The quantitative estimate of drug-likeness (QED) is 0.716. The Morgan fingerprint density at radius 3 is 3.13 bits per heavy atom. The van der Waals surface area contributed by atoms with Crippen molar-refractivity contribution in [1.82, 2.24) is 4.90 Å². The second kappa shape index (κ2) is 3.78. The van der Waals surface area contributed by atoms with Gasteiger partial charge in [0, 0.05) is 24.7 Å². The van der Waals surface area contributed by atoms with E-state index in [4.69, 9.17) is 16.3 Å². The maximum absolute atomic E-state index is 5.96. The number of hydrogen-bond acceptors (Lipinski definition) is 2. The second-order valence-corrected chi connectivity index (χ2v) is 4.80. The molecule has 2 aliphatic heterocycles. The van der Waals surface area contributed by atoms with Gasteiger partial charge in [0.25, 0.3) is 0 Å². The smallest absolute Gasteiger partial charge is 0.0969 e. The molecule has 2 heterocycles. The number of fused-ring (bicyclic) bond motifs is 1. The molecule has 0 bridgehead atoms. The lowest BCUT2D eigenvalue weighted by Gasteiger charge is -2.24. The van der Waals surface area contributed by atoms with E-state index in [1.165, 1.54) is 12.0 Å². The predicted molar refractivity (Wildman–Crippen MR) is 60.0 cm³/mol. The lowest BCUT2D eigenvalue weighted by molar-refractivity contribution is 0.237. The zero-order valence-corrected chi connectivity index (χ0v) is 9.28. The first-order valence-electron chi connectivity index (χ1n) is 5.43. The fourth-order valence-electron chi connectivity index (χ4n) is 2.29. The van der Waals surface area contributed by atoms with Crippen LogP contribution in [0, 0.1) is 0 Å². The fraction of sp³-hybridized carbons (Fsp3) is 0.500. The van der Waals surface area contributed by atoms with E-state index in [2.05, 4.69) is 11.0 Å². The monoisotopic (exact) mass is 223 g/mol. The first-order valence-corrected chi connectivity index (χ1v) is 5.81. The standard InChI is InChI=1S/C12H14ClNO/c13-10-3-1-2-9(6-10)7-14-5-4-11-12(8-14)15-11/h1-3,6,11-12H,4-5,7-8H2/t11-,12+/m0/s1. The fourth-order valence-corrected chi connectivity index (χ4v) is 2.50. The van der Waals surface area contributed by atoms with Crippen LogP contribution in [0.2, 0.25) is 5.02 Å². The zero-order valence-electron chi connectivity index (χ0n) is 8.53. The second-order valence-electron chi connectivity index (χ2n) is 4.37. The molecule has 3 rings (SSSR count). The average Bonchev–Trinajstić information content (AvgIpc) is 2.96. The van der Waals surface area contributed by atoms with Gasteiger partial charge in [-0.05, 0) is 24.1 Å². The third-order valence-corrected chi connectivity index (χ3v) is 3.39. The van der Waals surface area contributed by atoms with Crippen molar-refractivity contribution >= 4 is 11.6 Å². The Bertz CT molecular complexity index is 368. The average molecular weight is 224 g/mol. The number of halogens is 1. The summed E-state index contributed by atoms with van der Waals surface area (Å²) >= 11 is 5.96. The Morgan fingerprint density at radius 1 is 1.40 bits per heavy atom. The normalized spacial score (nSPS) is 29.9. The minimum Gasteiger partial charge on any atom is -0.368 e. The van der Waals surface area contributed by atoms with Crippen LogP contribution in [0.4, 0.5) is 0 Å². The van der Waals surface area contributed by atoms with Gasteiger partial charge in [-0.15, -0.1) is 0 Å². The molecule has 2 saturated heterocycles. The third-order valence-electron chi connectivity index (χ3n) is 3.15. The highest BCUT2D eigenvalue weighted by molar-refractivity contribution is 6.30. The first kappa shape index (κ1) is 9.64. The van der Waals surface area contributed by atoms with Crippen LogP contribution in [0.1, 0.15) is 12.0 Å². The molecule has 0 radical (unpaired) electrons. The minimum absolute atomic E-state index is 0.512. The Labute approximate surface area is 94.8 Å². The van der Waals surface area contributed by atoms with Gasteiger partial charge < -0.3 is 4.74 Å². The van der Waals surface area contributed by atoms with Gasteiger partial charge in [0.15, 0.2) is 0 Å². The zero-order chi connectivity index (χ0) is 10.3. The van der Waals surface area contributed by atoms with Crippen molar-refractivity contribution in [3.8, 4) is 0 Å². The van der Waals surface area contributed by atoms with Crippen molar-refractivity contribution in [3.63, 3.8) is 0 Å². The van der Waals surface area contributed by atoms with E-state index in [-0.39, 0.29) is 0 Å². The largest absolute Gasteiger partial charge is 0.368 e. The van der Waals surface area contributed by atoms with E-state index in [0.29, 0.717) is 12.2 Å². The molecule has 2 atom stereocenters. The maximum Gasteiger partial charge on any atom is 0.0969 e. The lowest BCUT2D eigenvalue weighted by Crippen LogP contribution is -2.33. The lowest BCUT2D eigenvalue weighted by atomic mass is 10.1. The van der Waals surface area contributed by atoms with E-state index in [0.717, 1.165) is 24.7 Å². The van der Waals surface area contributed by atoms with Crippen LogP contribution < -0.4 is 0 Å². The summed E-state index contributed by atoms with van der Waals surface area (Å²) in [5, 5.41) is 0.824. The van der Waals surface area contributed by atoms with Gasteiger partial charge >= 0.3 is 0 Å². The van der Waals surface area contributed by atoms with Crippen LogP contribution >= 0.6 is 11.6 Å². The number of likely N-dealkylation sites (tertiary alicyclic amines) is 1. The van der Waals surface area contributed by atoms with Crippen molar-refractivity contribution in [2.24, 2.45) is 0 Å². The van der Waals surface area contributed by atoms with Gasteiger partial charge in [0.1, 0.15) is 0 Å². The summed E-state index contributed by atoms with van der Waals surface area (Å²) < 4.78 is 5.50. The summed E-state index contributed by atoms with van der Waals surface area (Å²) in [7, 11) is 0. The summed E-state index contributed by atoms with van der Waals surface area (Å²) in [6.07, 6.45) is 2.27. The van der Waals surface area contributed by atoms with Crippen LogP contribution in [-0.4, -0.2) is 30.2 Å². The highest BCUT2D eigenvalue weighted by Gasteiger charge is 2.42. The van der Waals surface area contributed by atoms with Crippen molar-refractivity contribution in [2.75, 3.05) is 13.1 Å². The molecule has 2 nitrogen and oxygen atoms in total. The number of rotatable bonds is 2. The highest BCUT2D eigenvalue weighted by Crippen LogP contribution is 2.31. The summed E-state index contributed by atoms with van der Waals surface area (Å²) in [6, 6.07) is 8.10. The van der Waals surface area contributed by atoms with Crippen molar-refractivity contribution in [2.45, 2.75) is 25.2 Å². The maximum atomic E-state index is 5.96. The van der Waals surface area contributed by atoms with Crippen molar-refractivity contribution < 1.29 is 4.74 Å². The molecule has 0 unspecified atom stereocenters. The number of piperidine rings is 1. The number of epoxide rings is 1. The molecular weight excluding hydrogens is 210 g/mol. The first-order chi connectivity index (χ1) is 7.31. The Hall–Kier alpha value is -0.570. The predicted octanol–water partition coefficient (Wildman–Crippen LogP) is 2.31. The number of nitrogens with zero attached hydrogens (tertiary/aromatic N) is 1. The Kier molecular flexibility index (Phi) is 2.43. The number of ether oxygens (including phenoxy) is 1. The molecule has 80 valence electrons. The van der Waals surface area contributed by atoms with E-state index in [1.54, 1.807) is 0 Å². The van der Waals surface area contributed by atoms with Crippen LogP contribution in [-0.2, 0) is 11.3 Å². The molecule has 1 aromatic carbocycles. The Balaban J connectivity index is 1.64. The molecular formula is C12H14ClNO. The summed E-state index contributed by atoms with van der Waals surface area (Å²) in [6.45, 7) is 3.22. The number of hydrogen-bond donors (Lipinski definition) is 0. The number of benzene rings is 1. The summed E-state index contributed by atoms with van der Waals surface area (Å²) in [5.41, 5.74) is 1.29. The van der Waals surface area contributed by atoms with E-state index >= 15 is 0 Å². The van der Waals surface area contributed by atoms with Gasteiger partial charge in [0.05, 0.1) is 12.2 Å². The summed E-state index contributed by atoms with van der Waals surface area (Å²) in [4.78, 5) is 2.44. The molecule has 0 N–H and O–H groups in total. The molecule has 0 spiro atoms. The molecule has 0 aliphatic carbocycles. The van der Waals surface area contributed by atoms with Gasteiger partial charge in [-0.2, -0.15) is 0 Å². The van der Waals surface area contributed by atoms with E-state index < -0.39 is 0 Å². The van der Waals surface area contributed by atoms with E-state index in [1.807, 2.05) is 18.2 Å². The van der Waals surface area contributed by atoms with E-state index in [9.17, 15) is 0 Å². The Morgan fingerprint density at radius 2 is 2.33 bits per heavy atom. The van der Waals surface area contributed by atoms with Crippen molar-refractivity contribution in [3.05, 3.63) is 34.9 Å². The molecule has 2 fully saturated rings. The third kappa shape index (κ3) is 2.17. The van der Waals surface area contributed by atoms with Crippen LogP contribution in [0.25, 0.3) is 0 Å².